The quantitative estimate of drug-likeness (QED) is 0.814. The Morgan fingerprint density at radius 2 is 1.62 bits per heavy atom. The van der Waals surface area contributed by atoms with Crippen molar-refractivity contribution in [2.75, 3.05) is 13.1 Å². The average molecular weight is 322 g/mol. The van der Waals surface area contributed by atoms with Crippen molar-refractivity contribution >= 4 is 11.7 Å². The minimum absolute atomic E-state index is 0.0351. The molecule has 4 rings (SSSR count). The molecule has 124 valence electrons. The van der Waals surface area contributed by atoms with E-state index in [4.69, 9.17) is 0 Å². The van der Waals surface area contributed by atoms with Gasteiger partial charge in [-0.25, -0.2) is 0 Å². The maximum atomic E-state index is 12.8. The summed E-state index contributed by atoms with van der Waals surface area (Å²) in [4.78, 5) is 27.6. The molecule has 0 bridgehead atoms. The van der Waals surface area contributed by atoms with Gasteiger partial charge in [0.2, 0.25) is 11.7 Å². The number of ketones is 1. The lowest BCUT2D eigenvalue weighted by Gasteiger charge is -2.29. The number of piperidine rings is 1. The Morgan fingerprint density at radius 3 is 2.38 bits per heavy atom. The number of aromatic nitrogens is 1. The van der Waals surface area contributed by atoms with E-state index in [0.717, 1.165) is 44.6 Å². The normalized spacial score (nSPS) is 20.0. The molecule has 4 heteroatoms. The van der Waals surface area contributed by atoms with Gasteiger partial charge in [0.15, 0.2) is 0 Å². The predicted octanol–water partition coefficient (Wildman–Crippen LogP) is 3.22. The summed E-state index contributed by atoms with van der Waals surface area (Å²) in [6, 6.07) is 13.2. The molecule has 24 heavy (non-hydrogen) atoms. The first-order valence-corrected chi connectivity index (χ1v) is 8.83. The molecular formula is C20H22N2O2. The molecule has 1 aromatic carbocycles. The lowest BCUT2D eigenvalue weighted by molar-refractivity contribution is -0.133. The van der Waals surface area contributed by atoms with Gasteiger partial charge in [0.1, 0.15) is 0 Å². The summed E-state index contributed by atoms with van der Waals surface area (Å²) < 4.78 is 2.04. The predicted molar refractivity (Wildman–Crippen MR) is 92.1 cm³/mol. The SMILES string of the molecule is O=C(c1ccccc1)c1ccc2n1CC[C@H]2C(=O)N1CCCCC1. The number of amides is 1. The van der Waals surface area contributed by atoms with Gasteiger partial charge >= 0.3 is 0 Å². The monoisotopic (exact) mass is 322 g/mol. The van der Waals surface area contributed by atoms with Crippen molar-refractivity contribution in [2.45, 2.75) is 38.1 Å². The smallest absolute Gasteiger partial charge is 0.231 e. The minimum atomic E-state index is -0.0829. The molecule has 1 saturated heterocycles. The fraction of sp³-hybridized carbons (Fsp3) is 0.400. The van der Waals surface area contributed by atoms with E-state index in [9.17, 15) is 9.59 Å². The molecule has 3 heterocycles. The minimum Gasteiger partial charge on any atom is -0.342 e. The van der Waals surface area contributed by atoms with Gasteiger partial charge in [0.25, 0.3) is 0 Å². The lowest BCUT2D eigenvalue weighted by Crippen LogP contribution is -2.38. The van der Waals surface area contributed by atoms with Crippen molar-refractivity contribution in [3.63, 3.8) is 0 Å². The third-order valence-corrected chi connectivity index (χ3v) is 5.25. The molecule has 0 unspecified atom stereocenters. The first kappa shape index (κ1) is 15.2. The second-order valence-corrected chi connectivity index (χ2v) is 6.72. The molecule has 0 saturated carbocycles. The molecular weight excluding hydrogens is 300 g/mol. The molecule has 4 nitrogen and oxygen atoms in total. The number of rotatable bonds is 3. The summed E-state index contributed by atoms with van der Waals surface area (Å²) >= 11 is 0. The van der Waals surface area contributed by atoms with Crippen LogP contribution in [0.1, 0.15) is 53.3 Å². The second kappa shape index (κ2) is 6.27. The van der Waals surface area contributed by atoms with E-state index in [1.54, 1.807) is 0 Å². The summed E-state index contributed by atoms with van der Waals surface area (Å²) in [5, 5.41) is 0. The Morgan fingerprint density at radius 1 is 0.875 bits per heavy atom. The number of fused-ring (bicyclic) bond motifs is 1. The van der Waals surface area contributed by atoms with E-state index >= 15 is 0 Å². The van der Waals surface area contributed by atoms with Gasteiger partial charge in [-0.15, -0.1) is 0 Å². The Kier molecular flexibility index (Phi) is 3.97. The highest BCUT2D eigenvalue weighted by Crippen LogP contribution is 2.33. The zero-order valence-corrected chi connectivity index (χ0v) is 13.8. The molecule has 2 aliphatic heterocycles. The molecule has 2 aliphatic rings. The van der Waals surface area contributed by atoms with Crippen LogP contribution >= 0.6 is 0 Å². The highest BCUT2D eigenvalue weighted by Gasteiger charge is 2.34. The molecule has 0 N–H and O–H groups in total. The summed E-state index contributed by atoms with van der Waals surface area (Å²) in [6.07, 6.45) is 4.25. The third-order valence-electron chi connectivity index (χ3n) is 5.25. The van der Waals surface area contributed by atoms with E-state index in [0.29, 0.717) is 11.3 Å². The van der Waals surface area contributed by atoms with E-state index in [-0.39, 0.29) is 17.6 Å². The summed E-state index contributed by atoms with van der Waals surface area (Å²) in [6.45, 7) is 2.51. The van der Waals surface area contributed by atoms with Crippen LogP contribution in [-0.2, 0) is 11.3 Å². The van der Waals surface area contributed by atoms with E-state index in [1.165, 1.54) is 6.42 Å². The fourth-order valence-electron chi connectivity index (χ4n) is 3.96. The average Bonchev–Trinajstić information content (AvgIpc) is 3.24. The van der Waals surface area contributed by atoms with Crippen LogP contribution < -0.4 is 0 Å². The number of nitrogens with zero attached hydrogens (tertiary/aromatic N) is 2. The zero-order valence-electron chi connectivity index (χ0n) is 13.8. The molecule has 1 fully saturated rings. The first-order chi connectivity index (χ1) is 11.8. The van der Waals surface area contributed by atoms with Crippen molar-refractivity contribution in [1.82, 2.24) is 9.47 Å². The molecule has 0 radical (unpaired) electrons. The highest BCUT2D eigenvalue weighted by molar-refractivity contribution is 6.08. The van der Waals surface area contributed by atoms with Crippen LogP contribution in [0, 0.1) is 0 Å². The summed E-state index contributed by atoms with van der Waals surface area (Å²) in [7, 11) is 0. The number of carbonyl (C=O) groups is 2. The van der Waals surface area contributed by atoms with Crippen LogP contribution in [0.15, 0.2) is 42.5 Å². The topological polar surface area (TPSA) is 42.3 Å². The van der Waals surface area contributed by atoms with Crippen molar-refractivity contribution in [1.29, 1.82) is 0 Å². The van der Waals surface area contributed by atoms with Gasteiger partial charge in [-0.2, -0.15) is 0 Å². The van der Waals surface area contributed by atoms with Gasteiger partial charge in [-0.05, 0) is 37.8 Å². The Labute approximate surface area is 142 Å². The van der Waals surface area contributed by atoms with E-state index < -0.39 is 0 Å². The Bertz CT molecular complexity index is 757. The third kappa shape index (κ3) is 2.56. The van der Waals surface area contributed by atoms with E-state index in [1.807, 2.05) is 51.9 Å². The number of carbonyl (C=O) groups excluding carboxylic acids is 2. The second-order valence-electron chi connectivity index (χ2n) is 6.72. The van der Waals surface area contributed by atoms with Gasteiger partial charge < -0.3 is 9.47 Å². The lowest BCUT2D eigenvalue weighted by atomic mass is 10.0. The van der Waals surface area contributed by atoms with Crippen molar-refractivity contribution < 1.29 is 9.59 Å². The standard InChI is InChI=1S/C20H22N2O2/c23-19(15-7-3-1-4-8-15)18-10-9-17-16(11-14-22(17)18)20(24)21-12-5-2-6-13-21/h1,3-4,7-10,16H,2,5-6,11-14H2/t16-/m1/s1. The Balaban J connectivity index is 1.58. The number of hydrogen-bond donors (Lipinski definition) is 0. The Hall–Kier alpha value is -2.36. The zero-order chi connectivity index (χ0) is 16.5. The van der Waals surface area contributed by atoms with Gasteiger partial charge in [0, 0.05) is 30.9 Å². The van der Waals surface area contributed by atoms with Crippen molar-refractivity contribution in [2.24, 2.45) is 0 Å². The molecule has 0 spiro atoms. The van der Waals surface area contributed by atoms with Crippen LogP contribution in [0.5, 0.6) is 0 Å². The molecule has 0 aliphatic carbocycles. The maximum Gasteiger partial charge on any atom is 0.231 e. The van der Waals surface area contributed by atoms with Gasteiger partial charge in [-0.3, -0.25) is 9.59 Å². The van der Waals surface area contributed by atoms with Gasteiger partial charge in [0.05, 0.1) is 11.6 Å². The van der Waals surface area contributed by atoms with Crippen molar-refractivity contribution in [3.05, 3.63) is 59.4 Å². The first-order valence-electron chi connectivity index (χ1n) is 8.83. The molecule has 1 aromatic heterocycles. The molecule has 2 aromatic rings. The van der Waals surface area contributed by atoms with E-state index in [2.05, 4.69) is 0 Å². The van der Waals surface area contributed by atoms with Crippen LogP contribution in [0.2, 0.25) is 0 Å². The van der Waals surface area contributed by atoms with Crippen LogP contribution in [-0.4, -0.2) is 34.2 Å². The van der Waals surface area contributed by atoms with Crippen LogP contribution in [0.3, 0.4) is 0 Å². The largest absolute Gasteiger partial charge is 0.342 e. The maximum absolute atomic E-state index is 12.8. The molecule has 1 amide bonds. The van der Waals surface area contributed by atoms with Gasteiger partial charge in [-0.1, -0.05) is 30.3 Å². The fourth-order valence-corrected chi connectivity index (χ4v) is 3.96. The van der Waals surface area contributed by atoms with Crippen molar-refractivity contribution in [3.8, 4) is 0 Å². The number of likely N-dealkylation sites (tertiary alicyclic amines) is 1. The number of hydrogen-bond acceptors (Lipinski definition) is 2. The summed E-state index contributed by atoms with van der Waals surface area (Å²) in [5.41, 5.74) is 2.40. The van der Waals surface area contributed by atoms with Crippen LogP contribution in [0.25, 0.3) is 0 Å². The highest BCUT2D eigenvalue weighted by atomic mass is 16.2. The van der Waals surface area contributed by atoms with Crippen LogP contribution in [0.4, 0.5) is 0 Å². The summed E-state index contributed by atoms with van der Waals surface area (Å²) in [5.74, 6) is 0.193. The number of benzene rings is 1. The molecule has 1 atom stereocenters.